The first-order valence-corrected chi connectivity index (χ1v) is 6.75. The topological polar surface area (TPSA) is 61.8 Å². The van der Waals surface area contributed by atoms with Crippen molar-refractivity contribution in [3.8, 4) is 0 Å². The molecule has 0 aliphatic carbocycles. The zero-order valence-corrected chi connectivity index (χ0v) is 11.5. The molecule has 106 valence electrons. The van der Waals surface area contributed by atoms with E-state index in [0.29, 0.717) is 18.9 Å². The van der Waals surface area contributed by atoms with Gasteiger partial charge in [-0.2, -0.15) is 0 Å². The molecule has 0 aromatic heterocycles. The normalized spacial score (nSPS) is 18.6. The van der Waals surface area contributed by atoms with Crippen molar-refractivity contribution in [3.63, 3.8) is 0 Å². The van der Waals surface area contributed by atoms with Gasteiger partial charge in [-0.25, -0.2) is 0 Å². The van der Waals surface area contributed by atoms with Gasteiger partial charge in [-0.05, 0) is 38.3 Å². The molecule has 1 atom stereocenters. The Morgan fingerprint density at radius 2 is 2.17 bits per heavy atom. The van der Waals surface area contributed by atoms with Gasteiger partial charge in [0.25, 0.3) is 0 Å². The standard InChI is InChI=1S/C13H26N2O3/c1-15(9-12(16)10-18-2)13(17)4-3-11-5-7-14-8-6-11/h11-12,14,16H,3-10H2,1-2H3. The Hall–Kier alpha value is -0.650. The molecule has 0 spiro atoms. The van der Waals surface area contributed by atoms with Gasteiger partial charge in [0.2, 0.25) is 5.91 Å². The second-order valence-corrected chi connectivity index (χ2v) is 5.12. The summed E-state index contributed by atoms with van der Waals surface area (Å²) in [5.41, 5.74) is 0. The fourth-order valence-corrected chi connectivity index (χ4v) is 2.35. The number of hydrogen-bond donors (Lipinski definition) is 2. The predicted octanol–water partition coefficient (Wildman–Crippen LogP) is 0.232. The van der Waals surface area contributed by atoms with Crippen LogP contribution in [-0.4, -0.2) is 62.4 Å². The van der Waals surface area contributed by atoms with E-state index in [1.807, 2.05) is 0 Å². The maximum absolute atomic E-state index is 11.9. The Balaban J connectivity index is 2.18. The first kappa shape index (κ1) is 15.4. The zero-order valence-electron chi connectivity index (χ0n) is 11.5. The largest absolute Gasteiger partial charge is 0.389 e. The number of nitrogens with zero attached hydrogens (tertiary/aromatic N) is 1. The first-order chi connectivity index (χ1) is 8.63. The van der Waals surface area contributed by atoms with Crippen LogP contribution < -0.4 is 5.32 Å². The third-order valence-corrected chi connectivity index (χ3v) is 3.49. The van der Waals surface area contributed by atoms with E-state index in [2.05, 4.69) is 5.32 Å². The van der Waals surface area contributed by atoms with Crippen LogP contribution in [0.2, 0.25) is 0 Å². The highest BCUT2D eigenvalue weighted by atomic mass is 16.5. The molecule has 1 saturated heterocycles. The van der Waals surface area contributed by atoms with E-state index in [-0.39, 0.29) is 12.5 Å². The smallest absolute Gasteiger partial charge is 0.222 e. The lowest BCUT2D eigenvalue weighted by molar-refractivity contribution is -0.131. The highest BCUT2D eigenvalue weighted by Crippen LogP contribution is 2.18. The Bertz CT molecular complexity index is 242. The number of carbonyl (C=O) groups excluding carboxylic acids is 1. The molecule has 5 heteroatoms. The van der Waals surface area contributed by atoms with Crippen molar-refractivity contribution >= 4 is 5.91 Å². The summed E-state index contributed by atoms with van der Waals surface area (Å²) in [4.78, 5) is 13.5. The number of piperidine rings is 1. The number of likely N-dealkylation sites (N-methyl/N-ethyl adjacent to an activating group) is 1. The molecule has 1 rings (SSSR count). The van der Waals surface area contributed by atoms with Gasteiger partial charge in [0.05, 0.1) is 12.7 Å². The highest BCUT2D eigenvalue weighted by molar-refractivity contribution is 5.75. The van der Waals surface area contributed by atoms with Gasteiger partial charge in [-0.1, -0.05) is 0 Å². The molecule has 1 amide bonds. The summed E-state index contributed by atoms with van der Waals surface area (Å²) in [6.45, 7) is 2.76. The fourth-order valence-electron chi connectivity index (χ4n) is 2.35. The summed E-state index contributed by atoms with van der Waals surface area (Å²) in [5, 5.41) is 12.9. The Kier molecular flexibility index (Phi) is 7.23. The minimum Gasteiger partial charge on any atom is -0.389 e. The number of nitrogens with one attached hydrogen (secondary N) is 1. The van der Waals surface area contributed by atoms with Crippen LogP contribution in [0.15, 0.2) is 0 Å². The van der Waals surface area contributed by atoms with Gasteiger partial charge in [-0.3, -0.25) is 4.79 Å². The Labute approximate surface area is 109 Å². The first-order valence-electron chi connectivity index (χ1n) is 6.75. The van der Waals surface area contributed by atoms with Crippen molar-refractivity contribution in [1.29, 1.82) is 0 Å². The molecular formula is C13H26N2O3. The number of rotatable bonds is 7. The number of amides is 1. The summed E-state index contributed by atoms with van der Waals surface area (Å²) in [6.07, 6.45) is 3.29. The number of hydrogen-bond acceptors (Lipinski definition) is 4. The Morgan fingerprint density at radius 3 is 2.78 bits per heavy atom. The summed E-state index contributed by atoms with van der Waals surface area (Å²) in [6, 6.07) is 0. The van der Waals surface area contributed by atoms with Crippen molar-refractivity contribution in [3.05, 3.63) is 0 Å². The summed E-state index contributed by atoms with van der Waals surface area (Å²) in [5.74, 6) is 0.788. The van der Waals surface area contributed by atoms with Gasteiger partial charge in [0.15, 0.2) is 0 Å². The van der Waals surface area contributed by atoms with Crippen molar-refractivity contribution in [2.24, 2.45) is 5.92 Å². The van der Waals surface area contributed by atoms with Crippen LogP contribution >= 0.6 is 0 Å². The third kappa shape index (κ3) is 5.80. The molecule has 0 bridgehead atoms. The molecule has 1 aliphatic heterocycles. The van der Waals surface area contributed by atoms with E-state index in [1.165, 1.54) is 12.8 Å². The summed E-state index contributed by atoms with van der Waals surface area (Å²) < 4.78 is 4.84. The lowest BCUT2D eigenvalue weighted by Crippen LogP contribution is -2.36. The van der Waals surface area contributed by atoms with Crippen LogP contribution in [0.3, 0.4) is 0 Å². The van der Waals surface area contributed by atoms with Crippen LogP contribution in [0.5, 0.6) is 0 Å². The van der Waals surface area contributed by atoms with Crippen molar-refractivity contribution in [2.75, 3.05) is 40.4 Å². The van der Waals surface area contributed by atoms with E-state index >= 15 is 0 Å². The monoisotopic (exact) mass is 258 g/mol. The molecule has 1 aliphatic rings. The zero-order chi connectivity index (χ0) is 13.4. The molecular weight excluding hydrogens is 232 g/mol. The van der Waals surface area contributed by atoms with Crippen LogP contribution in [0.4, 0.5) is 0 Å². The SMILES string of the molecule is COCC(O)CN(C)C(=O)CCC1CCNCC1. The number of aliphatic hydroxyl groups is 1. The van der Waals surface area contributed by atoms with Crippen LogP contribution in [-0.2, 0) is 9.53 Å². The molecule has 0 aromatic carbocycles. The molecule has 18 heavy (non-hydrogen) atoms. The molecule has 0 saturated carbocycles. The van der Waals surface area contributed by atoms with E-state index in [4.69, 9.17) is 4.74 Å². The highest BCUT2D eigenvalue weighted by Gasteiger charge is 2.17. The molecule has 1 fully saturated rings. The lowest BCUT2D eigenvalue weighted by atomic mass is 9.93. The van der Waals surface area contributed by atoms with E-state index in [9.17, 15) is 9.90 Å². The number of aliphatic hydroxyl groups excluding tert-OH is 1. The lowest BCUT2D eigenvalue weighted by Gasteiger charge is -2.24. The average molecular weight is 258 g/mol. The third-order valence-electron chi connectivity index (χ3n) is 3.49. The van der Waals surface area contributed by atoms with Gasteiger partial charge in [-0.15, -0.1) is 0 Å². The molecule has 1 unspecified atom stereocenters. The van der Waals surface area contributed by atoms with Crippen LogP contribution in [0.25, 0.3) is 0 Å². The van der Waals surface area contributed by atoms with Gasteiger partial charge in [0.1, 0.15) is 0 Å². The molecule has 2 N–H and O–H groups in total. The number of ether oxygens (including phenoxy) is 1. The second kappa shape index (κ2) is 8.45. The van der Waals surface area contributed by atoms with E-state index in [0.717, 1.165) is 19.5 Å². The molecule has 0 aromatic rings. The predicted molar refractivity (Wildman–Crippen MR) is 70.3 cm³/mol. The van der Waals surface area contributed by atoms with Crippen LogP contribution in [0, 0.1) is 5.92 Å². The number of carbonyl (C=O) groups is 1. The quantitative estimate of drug-likeness (QED) is 0.686. The molecule has 1 heterocycles. The van der Waals surface area contributed by atoms with Gasteiger partial charge < -0.3 is 20.1 Å². The number of methoxy groups -OCH3 is 1. The maximum Gasteiger partial charge on any atom is 0.222 e. The minimum atomic E-state index is -0.595. The van der Waals surface area contributed by atoms with E-state index in [1.54, 1.807) is 19.1 Å². The Morgan fingerprint density at radius 1 is 1.50 bits per heavy atom. The van der Waals surface area contributed by atoms with Crippen molar-refractivity contribution < 1.29 is 14.6 Å². The van der Waals surface area contributed by atoms with E-state index < -0.39 is 6.10 Å². The summed E-state index contributed by atoms with van der Waals surface area (Å²) >= 11 is 0. The van der Waals surface area contributed by atoms with Gasteiger partial charge >= 0.3 is 0 Å². The fraction of sp³-hybridized carbons (Fsp3) is 0.923. The van der Waals surface area contributed by atoms with Crippen LogP contribution in [0.1, 0.15) is 25.7 Å². The molecule has 5 nitrogen and oxygen atoms in total. The average Bonchev–Trinajstić information content (AvgIpc) is 2.37. The van der Waals surface area contributed by atoms with Crippen molar-refractivity contribution in [2.45, 2.75) is 31.8 Å². The summed E-state index contributed by atoms with van der Waals surface area (Å²) in [7, 11) is 3.28. The second-order valence-electron chi connectivity index (χ2n) is 5.12. The maximum atomic E-state index is 11.9. The minimum absolute atomic E-state index is 0.115. The molecule has 0 radical (unpaired) electrons. The van der Waals surface area contributed by atoms with Crippen molar-refractivity contribution in [1.82, 2.24) is 10.2 Å². The van der Waals surface area contributed by atoms with Gasteiger partial charge in [0, 0.05) is 27.1 Å².